The summed E-state index contributed by atoms with van der Waals surface area (Å²) in [5.41, 5.74) is 5.89. The molecule has 5 rings (SSSR count). The third-order valence-corrected chi connectivity index (χ3v) is 5.40. The molecule has 1 N–H and O–H groups in total. The highest BCUT2D eigenvalue weighted by molar-refractivity contribution is 6.30. The number of rotatable bonds is 3. The van der Waals surface area contributed by atoms with Gasteiger partial charge >= 0.3 is 0 Å². The van der Waals surface area contributed by atoms with Crippen LogP contribution in [-0.2, 0) is 19.5 Å². The number of benzene rings is 2. The van der Waals surface area contributed by atoms with Gasteiger partial charge in [-0.05, 0) is 59.3 Å². The third kappa shape index (κ3) is 3.34. The summed E-state index contributed by atoms with van der Waals surface area (Å²) in [5, 5.41) is 1.98. The van der Waals surface area contributed by atoms with Crippen LogP contribution in [0, 0.1) is 0 Å². The number of H-pyrrole nitrogens is 1. The Bertz CT molecular complexity index is 1100. The maximum Gasteiger partial charge on any atom is 0.159 e. The molecule has 0 fully saturated rings. The summed E-state index contributed by atoms with van der Waals surface area (Å²) >= 11 is 5.99. The number of aromatic amines is 1. The van der Waals surface area contributed by atoms with Crippen LogP contribution >= 0.6 is 11.6 Å². The number of aromatic nitrogens is 3. The molecule has 0 radical (unpaired) electrons. The van der Waals surface area contributed by atoms with E-state index in [9.17, 15) is 0 Å². The van der Waals surface area contributed by atoms with Gasteiger partial charge in [0, 0.05) is 48.1 Å². The van der Waals surface area contributed by atoms with Crippen LogP contribution in [0.5, 0.6) is 0 Å². The predicted molar refractivity (Wildman–Crippen MR) is 109 cm³/mol. The van der Waals surface area contributed by atoms with Crippen molar-refractivity contribution in [3.05, 3.63) is 82.8 Å². The van der Waals surface area contributed by atoms with Crippen LogP contribution < -0.4 is 0 Å². The monoisotopic (exact) mass is 374 g/mol. The highest BCUT2D eigenvalue weighted by Crippen LogP contribution is 2.24. The fraction of sp³-hybridized carbons (Fsp3) is 0.182. The van der Waals surface area contributed by atoms with Crippen LogP contribution in [0.4, 0.5) is 0 Å². The van der Waals surface area contributed by atoms with Gasteiger partial charge in [0.25, 0.3) is 0 Å². The van der Waals surface area contributed by atoms with Crippen molar-refractivity contribution in [2.45, 2.75) is 19.5 Å². The summed E-state index contributed by atoms with van der Waals surface area (Å²) in [5.74, 6) is 0.764. The quantitative estimate of drug-likeness (QED) is 0.558. The van der Waals surface area contributed by atoms with E-state index in [0.717, 1.165) is 48.2 Å². The van der Waals surface area contributed by atoms with Crippen LogP contribution in [0.3, 0.4) is 0 Å². The molecule has 0 bridgehead atoms. The highest BCUT2D eigenvalue weighted by Gasteiger charge is 2.19. The van der Waals surface area contributed by atoms with E-state index in [-0.39, 0.29) is 0 Å². The van der Waals surface area contributed by atoms with Gasteiger partial charge < -0.3 is 4.98 Å². The van der Waals surface area contributed by atoms with Gasteiger partial charge in [0.1, 0.15) is 0 Å². The minimum absolute atomic E-state index is 0.724. The molecule has 0 saturated heterocycles. The third-order valence-electron chi connectivity index (χ3n) is 5.15. The van der Waals surface area contributed by atoms with E-state index >= 15 is 0 Å². The molecule has 3 heterocycles. The highest BCUT2D eigenvalue weighted by atomic mass is 35.5. The first-order chi connectivity index (χ1) is 13.2. The smallest absolute Gasteiger partial charge is 0.159 e. The molecule has 4 aromatic rings. The Hall–Kier alpha value is -2.69. The van der Waals surface area contributed by atoms with E-state index in [1.54, 1.807) is 0 Å². The summed E-state index contributed by atoms with van der Waals surface area (Å²) in [7, 11) is 0. The Labute approximate surface area is 162 Å². The fourth-order valence-corrected chi connectivity index (χ4v) is 3.81. The van der Waals surface area contributed by atoms with E-state index in [1.165, 1.54) is 22.0 Å². The Morgan fingerprint density at radius 2 is 1.96 bits per heavy atom. The second kappa shape index (κ2) is 6.80. The van der Waals surface area contributed by atoms with E-state index in [4.69, 9.17) is 16.6 Å². The fourth-order valence-electron chi connectivity index (χ4n) is 3.68. The number of hydrogen-bond donors (Lipinski definition) is 1. The average Bonchev–Trinajstić information content (AvgIpc) is 3.16. The molecule has 0 aliphatic carbocycles. The minimum Gasteiger partial charge on any atom is -0.361 e. The topological polar surface area (TPSA) is 44.8 Å². The lowest BCUT2D eigenvalue weighted by Gasteiger charge is -2.28. The molecular formula is C22H19ClN4. The van der Waals surface area contributed by atoms with Crippen molar-refractivity contribution in [1.82, 2.24) is 19.9 Å². The van der Waals surface area contributed by atoms with Gasteiger partial charge in [-0.15, -0.1) is 0 Å². The summed E-state index contributed by atoms with van der Waals surface area (Å²) < 4.78 is 0. The van der Waals surface area contributed by atoms with Gasteiger partial charge in [0.05, 0.1) is 5.69 Å². The first-order valence-electron chi connectivity index (χ1n) is 9.14. The first-order valence-corrected chi connectivity index (χ1v) is 9.51. The summed E-state index contributed by atoms with van der Waals surface area (Å²) in [6, 6.07) is 16.4. The van der Waals surface area contributed by atoms with E-state index in [1.807, 2.05) is 36.7 Å². The second-order valence-electron chi connectivity index (χ2n) is 7.03. The molecule has 1 aliphatic rings. The molecule has 0 unspecified atom stereocenters. The van der Waals surface area contributed by atoms with Crippen molar-refractivity contribution < 1.29 is 0 Å². The lowest BCUT2D eigenvalue weighted by Crippen LogP contribution is -2.31. The zero-order valence-electron chi connectivity index (χ0n) is 14.8. The van der Waals surface area contributed by atoms with Crippen molar-refractivity contribution in [2.24, 2.45) is 0 Å². The molecule has 27 heavy (non-hydrogen) atoms. The summed E-state index contributed by atoms with van der Waals surface area (Å²) in [6.45, 7) is 2.80. The average molecular weight is 375 g/mol. The van der Waals surface area contributed by atoms with Gasteiger partial charge in [-0.2, -0.15) is 0 Å². The van der Waals surface area contributed by atoms with Crippen LogP contribution in [0.2, 0.25) is 5.02 Å². The van der Waals surface area contributed by atoms with Crippen molar-refractivity contribution >= 4 is 22.5 Å². The zero-order chi connectivity index (χ0) is 18.2. The van der Waals surface area contributed by atoms with Gasteiger partial charge in [-0.25, -0.2) is 9.97 Å². The van der Waals surface area contributed by atoms with E-state index in [2.05, 4.69) is 39.1 Å². The predicted octanol–water partition coefficient (Wildman–Crippen LogP) is 4.84. The van der Waals surface area contributed by atoms with Crippen LogP contribution in [0.1, 0.15) is 16.8 Å². The molecule has 0 spiro atoms. The van der Waals surface area contributed by atoms with Crippen molar-refractivity contribution in [3.8, 4) is 11.4 Å². The first kappa shape index (κ1) is 16.5. The molecule has 4 nitrogen and oxygen atoms in total. The molecule has 0 saturated carbocycles. The van der Waals surface area contributed by atoms with Crippen molar-refractivity contribution in [1.29, 1.82) is 0 Å². The molecule has 5 heteroatoms. The Balaban J connectivity index is 1.37. The zero-order valence-corrected chi connectivity index (χ0v) is 15.6. The number of hydrogen-bond acceptors (Lipinski definition) is 3. The van der Waals surface area contributed by atoms with E-state index < -0.39 is 0 Å². The molecule has 134 valence electrons. The summed E-state index contributed by atoms with van der Waals surface area (Å²) in [4.78, 5) is 15.1. The van der Waals surface area contributed by atoms with Crippen LogP contribution in [0.25, 0.3) is 22.3 Å². The Morgan fingerprint density at radius 3 is 2.85 bits per heavy atom. The van der Waals surface area contributed by atoms with Crippen molar-refractivity contribution in [3.63, 3.8) is 0 Å². The largest absolute Gasteiger partial charge is 0.361 e. The lowest BCUT2D eigenvalue weighted by atomic mass is 10.0. The van der Waals surface area contributed by atoms with E-state index in [0.29, 0.717) is 0 Å². The lowest BCUT2D eigenvalue weighted by molar-refractivity contribution is 0.241. The maximum atomic E-state index is 5.99. The minimum atomic E-state index is 0.724. The maximum absolute atomic E-state index is 5.99. The van der Waals surface area contributed by atoms with Gasteiger partial charge in [0.15, 0.2) is 5.82 Å². The van der Waals surface area contributed by atoms with Crippen LogP contribution in [-0.4, -0.2) is 26.4 Å². The summed E-state index contributed by atoms with van der Waals surface area (Å²) in [6.07, 6.45) is 4.95. The molecule has 2 aromatic carbocycles. The number of nitrogens with zero attached hydrogens (tertiary/aromatic N) is 3. The molecular weight excluding hydrogens is 356 g/mol. The number of fused-ring (bicyclic) bond motifs is 2. The molecule has 0 atom stereocenters. The van der Waals surface area contributed by atoms with Crippen LogP contribution in [0.15, 0.2) is 60.9 Å². The SMILES string of the molecule is Clc1ccc(-c2ncc3c(n2)CN(Cc2ccc4cc[nH]c4c2)CC3)cc1. The molecule has 1 aliphatic heterocycles. The number of halogens is 1. The van der Waals surface area contributed by atoms with Gasteiger partial charge in [-0.3, -0.25) is 4.90 Å². The van der Waals surface area contributed by atoms with Gasteiger partial charge in [0.2, 0.25) is 0 Å². The second-order valence-corrected chi connectivity index (χ2v) is 7.47. The van der Waals surface area contributed by atoms with Gasteiger partial charge in [-0.1, -0.05) is 23.7 Å². The molecule has 2 aromatic heterocycles. The Kier molecular flexibility index (Phi) is 4.15. The standard InChI is InChI=1S/C22H19ClN4/c23-19-5-3-17(4-6-19)22-25-12-18-8-10-27(14-21(18)26-22)13-15-1-2-16-7-9-24-20(16)11-15/h1-7,9,11-12,24H,8,10,13-14H2. The number of nitrogens with one attached hydrogen (secondary N) is 1. The van der Waals surface area contributed by atoms with Crippen molar-refractivity contribution in [2.75, 3.05) is 6.54 Å². The normalized spacial score (nSPS) is 14.4. The molecule has 0 amide bonds. The Morgan fingerprint density at radius 1 is 1.07 bits per heavy atom.